The van der Waals surface area contributed by atoms with Crippen molar-refractivity contribution in [3.8, 4) is 5.88 Å². The van der Waals surface area contributed by atoms with Gasteiger partial charge in [-0.3, -0.25) is 9.69 Å². The van der Waals surface area contributed by atoms with Crippen molar-refractivity contribution in [3.63, 3.8) is 0 Å². The van der Waals surface area contributed by atoms with Crippen molar-refractivity contribution in [2.75, 3.05) is 49.5 Å². The van der Waals surface area contributed by atoms with E-state index in [9.17, 15) is 4.79 Å². The van der Waals surface area contributed by atoms with E-state index in [2.05, 4.69) is 57.8 Å². The van der Waals surface area contributed by atoms with Gasteiger partial charge in [-0.25, -0.2) is 4.98 Å². The highest BCUT2D eigenvalue weighted by atomic mass is 16.5. The van der Waals surface area contributed by atoms with E-state index in [0.29, 0.717) is 24.1 Å². The van der Waals surface area contributed by atoms with Crippen LogP contribution in [0.1, 0.15) is 67.7 Å². The first kappa shape index (κ1) is 25.9. The van der Waals surface area contributed by atoms with Gasteiger partial charge in [0.05, 0.1) is 0 Å². The first-order valence-corrected chi connectivity index (χ1v) is 13.4. The van der Waals surface area contributed by atoms with Crippen LogP contribution in [0.4, 0.5) is 11.6 Å². The first-order valence-electron chi connectivity index (χ1n) is 13.4. The second-order valence-electron chi connectivity index (χ2n) is 9.72. The van der Waals surface area contributed by atoms with Crippen molar-refractivity contribution in [1.29, 1.82) is 0 Å². The summed E-state index contributed by atoms with van der Waals surface area (Å²) in [7, 11) is 0. The quantitative estimate of drug-likeness (QED) is 0.377. The van der Waals surface area contributed by atoms with Crippen LogP contribution in [0.2, 0.25) is 0 Å². The minimum atomic E-state index is -0.267. The summed E-state index contributed by atoms with van der Waals surface area (Å²) in [5.74, 6) is 0.732. The number of aryl methyl sites for hydroxylation is 2. The van der Waals surface area contributed by atoms with E-state index >= 15 is 0 Å². The molecule has 0 unspecified atom stereocenters. The Morgan fingerprint density at radius 1 is 1.08 bits per heavy atom. The molecule has 3 aromatic rings. The molecule has 2 aromatic heterocycles. The average molecular weight is 493 g/mol. The fraction of sp³-hybridized carbons (Fsp3) is 0.536. The number of nitrogens with one attached hydrogen (secondary N) is 2. The van der Waals surface area contributed by atoms with Crippen LogP contribution in [0, 0.1) is 13.8 Å². The van der Waals surface area contributed by atoms with Gasteiger partial charge in [-0.05, 0) is 76.4 Å². The highest BCUT2D eigenvalue weighted by molar-refractivity contribution is 6.04. The summed E-state index contributed by atoms with van der Waals surface area (Å²) in [5, 5.41) is 4.13. The molecule has 8 heteroatoms. The number of ether oxygens (including phenoxy) is 1. The maximum Gasteiger partial charge on any atom is 0.274 e. The summed E-state index contributed by atoms with van der Waals surface area (Å²) < 4.78 is 6.07. The number of benzene rings is 1. The molecule has 194 valence electrons. The van der Waals surface area contributed by atoms with Gasteiger partial charge in [-0.1, -0.05) is 20.3 Å². The molecule has 0 atom stereocenters. The molecule has 2 N–H and O–H groups in total. The van der Waals surface area contributed by atoms with E-state index in [-0.39, 0.29) is 5.91 Å². The van der Waals surface area contributed by atoms with Crippen LogP contribution in [0.3, 0.4) is 0 Å². The summed E-state index contributed by atoms with van der Waals surface area (Å²) >= 11 is 0. The number of nitrogens with zero attached hydrogens (tertiary/aromatic N) is 4. The SMILES string of the molecule is CCCN(CCC)c1nc(OCCN2CCCCC2)cc(C(=O)Nc2ccc3[nH]c(C)c(C)c3c2)n1. The van der Waals surface area contributed by atoms with Crippen molar-refractivity contribution in [2.24, 2.45) is 0 Å². The van der Waals surface area contributed by atoms with E-state index in [1.807, 2.05) is 18.2 Å². The maximum atomic E-state index is 13.3. The van der Waals surface area contributed by atoms with Gasteiger partial charge >= 0.3 is 0 Å². The molecule has 0 bridgehead atoms. The van der Waals surface area contributed by atoms with E-state index in [4.69, 9.17) is 4.74 Å². The zero-order chi connectivity index (χ0) is 25.5. The number of piperidine rings is 1. The number of aromatic nitrogens is 3. The third-order valence-electron chi connectivity index (χ3n) is 6.87. The molecule has 1 aliphatic heterocycles. The molecule has 1 fully saturated rings. The van der Waals surface area contributed by atoms with Crippen LogP contribution in [0.25, 0.3) is 10.9 Å². The fourth-order valence-electron chi connectivity index (χ4n) is 4.79. The first-order chi connectivity index (χ1) is 17.5. The van der Waals surface area contributed by atoms with Crippen LogP contribution >= 0.6 is 0 Å². The monoisotopic (exact) mass is 492 g/mol. The largest absolute Gasteiger partial charge is 0.476 e. The lowest BCUT2D eigenvalue weighted by atomic mass is 10.1. The molecule has 1 aromatic carbocycles. The Kier molecular flexibility index (Phi) is 8.80. The Hall–Kier alpha value is -3.13. The topological polar surface area (TPSA) is 86.4 Å². The van der Waals surface area contributed by atoms with Crippen LogP contribution < -0.4 is 15.0 Å². The number of hydrogen-bond acceptors (Lipinski definition) is 6. The Labute approximate surface area is 214 Å². The van der Waals surface area contributed by atoms with Gasteiger partial charge < -0.3 is 19.9 Å². The Morgan fingerprint density at radius 2 is 1.83 bits per heavy atom. The third kappa shape index (κ3) is 6.35. The van der Waals surface area contributed by atoms with Crippen LogP contribution in [0.5, 0.6) is 5.88 Å². The molecule has 0 spiro atoms. The van der Waals surface area contributed by atoms with Gasteiger partial charge in [-0.2, -0.15) is 4.98 Å². The summed E-state index contributed by atoms with van der Waals surface area (Å²) in [5.41, 5.74) is 4.43. The lowest BCUT2D eigenvalue weighted by Crippen LogP contribution is -2.33. The number of H-pyrrole nitrogens is 1. The van der Waals surface area contributed by atoms with Crippen LogP contribution in [-0.4, -0.2) is 65.1 Å². The molecule has 0 radical (unpaired) electrons. The minimum absolute atomic E-state index is 0.267. The lowest BCUT2D eigenvalue weighted by molar-refractivity contribution is 0.102. The molecular formula is C28H40N6O2. The molecule has 3 heterocycles. The zero-order valence-corrected chi connectivity index (χ0v) is 22.2. The standard InChI is InChI=1S/C28H40N6O2/c1-5-12-34(13-6-2)28-31-25(19-26(32-28)36-17-16-33-14-8-7-9-15-33)27(35)30-22-10-11-24-23(18-22)20(3)21(4)29-24/h10-11,18-19,29H,5-9,12-17H2,1-4H3,(H,30,35). The van der Waals surface area contributed by atoms with Gasteiger partial charge in [-0.15, -0.1) is 0 Å². The number of likely N-dealkylation sites (tertiary alicyclic amines) is 1. The van der Waals surface area contributed by atoms with E-state index in [1.165, 1.54) is 24.8 Å². The van der Waals surface area contributed by atoms with E-state index in [1.54, 1.807) is 6.07 Å². The van der Waals surface area contributed by atoms with Gasteiger partial charge in [0.1, 0.15) is 12.3 Å². The van der Waals surface area contributed by atoms with Crippen molar-refractivity contribution in [3.05, 3.63) is 41.2 Å². The summed E-state index contributed by atoms with van der Waals surface area (Å²) in [6.45, 7) is 13.7. The third-order valence-corrected chi connectivity index (χ3v) is 6.87. The van der Waals surface area contributed by atoms with Gasteiger partial charge in [0, 0.05) is 48.0 Å². The van der Waals surface area contributed by atoms with Crippen molar-refractivity contribution in [2.45, 2.75) is 59.8 Å². The molecule has 0 saturated carbocycles. The predicted octanol–water partition coefficient (Wildman–Crippen LogP) is 5.32. The predicted molar refractivity (Wildman–Crippen MR) is 146 cm³/mol. The van der Waals surface area contributed by atoms with Crippen LogP contribution in [0.15, 0.2) is 24.3 Å². The number of rotatable bonds is 11. The zero-order valence-electron chi connectivity index (χ0n) is 22.2. The summed E-state index contributed by atoms with van der Waals surface area (Å²) in [6, 6.07) is 7.57. The van der Waals surface area contributed by atoms with Crippen molar-refractivity contribution >= 4 is 28.4 Å². The number of anilines is 2. The summed E-state index contributed by atoms with van der Waals surface area (Å²) in [6.07, 6.45) is 5.75. The molecule has 8 nitrogen and oxygen atoms in total. The smallest absolute Gasteiger partial charge is 0.274 e. The Bertz CT molecular complexity index is 1160. The van der Waals surface area contributed by atoms with Crippen molar-refractivity contribution < 1.29 is 9.53 Å². The van der Waals surface area contributed by atoms with Crippen molar-refractivity contribution in [1.82, 2.24) is 19.9 Å². The van der Waals surface area contributed by atoms with E-state index in [0.717, 1.165) is 67.8 Å². The average Bonchev–Trinajstić information content (AvgIpc) is 3.17. The molecule has 36 heavy (non-hydrogen) atoms. The molecule has 0 aliphatic carbocycles. The fourth-order valence-corrected chi connectivity index (χ4v) is 4.79. The molecule has 1 saturated heterocycles. The number of amides is 1. The molecule has 1 amide bonds. The number of aromatic amines is 1. The number of hydrogen-bond donors (Lipinski definition) is 2. The minimum Gasteiger partial charge on any atom is -0.476 e. The lowest BCUT2D eigenvalue weighted by Gasteiger charge is -2.26. The Balaban J connectivity index is 1.54. The Morgan fingerprint density at radius 3 is 2.56 bits per heavy atom. The van der Waals surface area contributed by atoms with Gasteiger partial charge in [0.2, 0.25) is 11.8 Å². The molecule has 1 aliphatic rings. The second-order valence-corrected chi connectivity index (χ2v) is 9.72. The highest BCUT2D eigenvalue weighted by Crippen LogP contribution is 2.25. The number of carbonyl (C=O) groups excluding carboxylic acids is 1. The van der Waals surface area contributed by atoms with Gasteiger partial charge in [0.15, 0.2) is 0 Å². The molecule has 4 rings (SSSR count). The van der Waals surface area contributed by atoms with Crippen LogP contribution in [-0.2, 0) is 0 Å². The number of fused-ring (bicyclic) bond motifs is 1. The normalized spacial score (nSPS) is 14.2. The summed E-state index contributed by atoms with van der Waals surface area (Å²) in [4.78, 5) is 30.6. The van der Waals surface area contributed by atoms with E-state index < -0.39 is 0 Å². The van der Waals surface area contributed by atoms with Gasteiger partial charge in [0.25, 0.3) is 5.91 Å². The number of carbonyl (C=O) groups is 1. The maximum absolute atomic E-state index is 13.3. The second kappa shape index (κ2) is 12.2. The molecular weight excluding hydrogens is 452 g/mol. The highest BCUT2D eigenvalue weighted by Gasteiger charge is 2.18.